The number of para-hydroxylation sites is 1. The Kier molecular flexibility index (Phi) is 6.34. The van der Waals surface area contributed by atoms with Gasteiger partial charge in [-0.3, -0.25) is 9.79 Å². The summed E-state index contributed by atoms with van der Waals surface area (Å²) in [6.45, 7) is 3.60. The van der Waals surface area contributed by atoms with Crippen LogP contribution in [0.3, 0.4) is 0 Å². The topological polar surface area (TPSA) is 38.7 Å². The Morgan fingerprint density at radius 2 is 2.14 bits per heavy atom. The molecule has 1 atom stereocenters. The van der Waals surface area contributed by atoms with Crippen molar-refractivity contribution in [1.82, 2.24) is 0 Å². The molecule has 2 rings (SSSR count). The zero-order valence-electron chi connectivity index (χ0n) is 13.0. The molecule has 116 valence electrons. The molecule has 4 heteroatoms. The fourth-order valence-corrected chi connectivity index (χ4v) is 2.87. The smallest absolute Gasteiger partial charge is 0.303 e. The molecule has 2 aromatic rings. The molecular weight excluding hydrogens is 294 g/mol. The highest BCUT2D eigenvalue weighted by Crippen LogP contribution is 2.25. The summed E-state index contributed by atoms with van der Waals surface area (Å²) in [5.74, 6) is -0.302. The van der Waals surface area contributed by atoms with Crippen molar-refractivity contribution in [2.45, 2.75) is 39.2 Å². The highest BCUT2D eigenvalue weighted by Gasteiger charge is 2.13. The van der Waals surface area contributed by atoms with Crippen LogP contribution in [0.2, 0.25) is 0 Å². The normalized spacial score (nSPS) is 12.5. The number of carbonyl (C=O) groups is 1. The van der Waals surface area contributed by atoms with Crippen molar-refractivity contribution >= 4 is 29.2 Å². The monoisotopic (exact) mass is 315 g/mol. The Labute approximate surface area is 135 Å². The number of benzene rings is 1. The molecule has 22 heavy (non-hydrogen) atoms. The number of esters is 1. The minimum atomic E-state index is -0.420. The van der Waals surface area contributed by atoms with Crippen LogP contribution in [-0.4, -0.2) is 12.2 Å². The van der Waals surface area contributed by atoms with Gasteiger partial charge in [0, 0.05) is 6.92 Å². The lowest BCUT2D eigenvalue weighted by Crippen LogP contribution is -2.08. The standard InChI is InChI=1S/C18H21NO2S/c1-3-4-8-15-9-5-6-10-16(15)19-13-17(21-14(2)20)18-11-7-12-22-18/h5-7,9-13,17H,3-4,8H2,1-2H3. The molecule has 0 aliphatic heterocycles. The van der Waals surface area contributed by atoms with Gasteiger partial charge in [0.2, 0.25) is 0 Å². The van der Waals surface area contributed by atoms with Gasteiger partial charge in [0.1, 0.15) is 0 Å². The van der Waals surface area contributed by atoms with E-state index in [4.69, 9.17) is 4.74 Å². The molecule has 0 N–H and O–H groups in total. The van der Waals surface area contributed by atoms with Gasteiger partial charge in [-0.15, -0.1) is 11.3 Å². The average Bonchev–Trinajstić information content (AvgIpc) is 3.04. The van der Waals surface area contributed by atoms with Crippen LogP contribution in [0.25, 0.3) is 0 Å². The first kappa shape index (κ1) is 16.4. The molecule has 1 aromatic heterocycles. The van der Waals surface area contributed by atoms with Crippen molar-refractivity contribution < 1.29 is 9.53 Å². The number of carbonyl (C=O) groups excluding carboxylic acids is 1. The maximum atomic E-state index is 11.3. The van der Waals surface area contributed by atoms with E-state index in [0.717, 1.165) is 29.8 Å². The SMILES string of the molecule is CCCCc1ccccc1N=CC(OC(C)=O)c1cccs1. The summed E-state index contributed by atoms with van der Waals surface area (Å²) in [5, 5.41) is 1.97. The van der Waals surface area contributed by atoms with Crippen LogP contribution in [0.4, 0.5) is 5.69 Å². The van der Waals surface area contributed by atoms with Crippen LogP contribution in [0, 0.1) is 0 Å². The number of thiophene rings is 1. The van der Waals surface area contributed by atoms with Crippen molar-refractivity contribution in [2.75, 3.05) is 0 Å². The van der Waals surface area contributed by atoms with Crippen LogP contribution in [0.1, 0.15) is 43.2 Å². The lowest BCUT2D eigenvalue weighted by Gasteiger charge is -2.11. The molecule has 0 saturated carbocycles. The van der Waals surface area contributed by atoms with Crippen molar-refractivity contribution in [3.8, 4) is 0 Å². The van der Waals surface area contributed by atoms with Crippen molar-refractivity contribution in [2.24, 2.45) is 4.99 Å². The Morgan fingerprint density at radius 1 is 1.32 bits per heavy atom. The first-order chi connectivity index (χ1) is 10.7. The Hall–Kier alpha value is -1.94. The number of hydrogen-bond acceptors (Lipinski definition) is 4. The Balaban J connectivity index is 2.19. The molecule has 0 radical (unpaired) electrons. The molecular formula is C18H21NO2S. The second-order valence-corrected chi connectivity index (χ2v) is 6.04. The zero-order valence-corrected chi connectivity index (χ0v) is 13.8. The fourth-order valence-electron chi connectivity index (χ4n) is 2.16. The maximum Gasteiger partial charge on any atom is 0.303 e. The molecule has 1 unspecified atom stereocenters. The van der Waals surface area contributed by atoms with Crippen molar-refractivity contribution in [1.29, 1.82) is 0 Å². The molecule has 0 fully saturated rings. The summed E-state index contributed by atoms with van der Waals surface area (Å²) >= 11 is 1.56. The van der Waals surface area contributed by atoms with Crippen LogP contribution >= 0.6 is 11.3 Å². The Bertz CT molecular complexity index is 620. The van der Waals surface area contributed by atoms with Crippen molar-refractivity contribution in [3.63, 3.8) is 0 Å². The molecule has 0 saturated heterocycles. The van der Waals surface area contributed by atoms with Crippen LogP contribution in [-0.2, 0) is 16.0 Å². The van der Waals surface area contributed by atoms with E-state index in [2.05, 4.69) is 18.0 Å². The molecule has 1 aromatic carbocycles. The molecule has 0 aliphatic carbocycles. The van der Waals surface area contributed by atoms with Crippen LogP contribution in [0.15, 0.2) is 46.8 Å². The summed E-state index contributed by atoms with van der Waals surface area (Å²) in [6.07, 6.45) is 4.62. The number of nitrogens with zero attached hydrogens (tertiary/aromatic N) is 1. The summed E-state index contributed by atoms with van der Waals surface area (Å²) in [6, 6.07) is 12.0. The van der Waals surface area contributed by atoms with Gasteiger partial charge in [-0.25, -0.2) is 0 Å². The second-order valence-electron chi connectivity index (χ2n) is 5.06. The van der Waals surface area contributed by atoms with Gasteiger partial charge in [-0.05, 0) is 35.9 Å². The van der Waals surface area contributed by atoms with Gasteiger partial charge in [0.05, 0.1) is 16.8 Å². The van der Waals surface area contributed by atoms with E-state index in [1.807, 2.05) is 35.7 Å². The minimum Gasteiger partial charge on any atom is -0.451 e. The van der Waals surface area contributed by atoms with Gasteiger partial charge >= 0.3 is 5.97 Å². The lowest BCUT2D eigenvalue weighted by molar-refractivity contribution is -0.143. The van der Waals surface area contributed by atoms with E-state index < -0.39 is 6.10 Å². The largest absolute Gasteiger partial charge is 0.451 e. The third-order valence-electron chi connectivity index (χ3n) is 3.26. The lowest BCUT2D eigenvalue weighted by atomic mass is 10.1. The van der Waals surface area contributed by atoms with E-state index in [-0.39, 0.29) is 5.97 Å². The van der Waals surface area contributed by atoms with Gasteiger partial charge in [0.15, 0.2) is 6.10 Å². The number of unbranched alkanes of at least 4 members (excludes halogenated alkanes) is 1. The minimum absolute atomic E-state index is 0.302. The molecule has 0 amide bonds. The number of aliphatic imine (C=N–C) groups is 1. The number of hydrogen-bond donors (Lipinski definition) is 0. The maximum absolute atomic E-state index is 11.3. The van der Waals surface area contributed by atoms with Gasteiger partial charge < -0.3 is 4.74 Å². The first-order valence-electron chi connectivity index (χ1n) is 7.53. The number of rotatable bonds is 7. The molecule has 3 nitrogen and oxygen atoms in total. The number of aryl methyl sites for hydroxylation is 1. The molecule has 0 spiro atoms. The predicted molar refractivity (Wildman–Crippen MR) is 92.0 cm³/mol. The van der Waals surface area contributed by atoms with Crippen LogP contribution in [0.5, 0.6) is 0 Å². The fraction of sp³-hybridized carbons (Fsp3) is 0.333. The molecule has 1 heterocycles. The zero-order chi connectivity index (χ0) is 15.8. The summed E-state index contributed by atoms with van der Waals surface area (Å²) in [7, 11) is 0. The third-order valence-corrected chi connectivity index (χ3v) is 4.19. The second kappa shape index (κ2) is 8.49. The average molecular weight is 315 g/mol. The summed E-state index contributed by atoms with van der Waals surface area (Å²) in [4.78, 5) is 16.8. The van der Waals surface area contributed by atoms with Crippen LogP contribution < -0.4 is 0 Å². The van der Waals surface area contributed by atoms with E-state index in [1.165, 1.54) is 12.5 Å². The third kappa shape index (κ3) is 4.81. The first-order valence-corrected chi connectivity index (χ1v) is 8.41. The highest BCUT2D eigenvalue weighted by molar-refractivity contribution is 7.10. The Morgan fingerprint density at radius 3 is 2.82 bits per heavy atom. The van der Waals surface area contributed by atoms with E-state index in [9.17, 15) is 4.79 Å². The van der Waals surface area contributed by atoms with Gasteiger partial charge in [-0.1, -0.05) is 37.6 Å². The van der Waals surface area contributed by atoms with Gasteiger partial charge in [0.25, 0.3) is 0 Å². The van der Waals surface area contributed by atoms with E-state index in [0.29, 0.717) is 0 Å². The summed E-state index contributed by atoms with van der Waals surface area (Å²) < 4.78 is 5.36. The number of ether oxygens (including phenoxy) is 1. The van der Waals surface area contributed by atoms with Gasteiger partial charge in [-0.2, -0.15) is 0 Å². The molecule has 0 bridgehead atoms. The summed E-state index contributed by atoms with van der Waals surface area (Å²) in [5.41, 5.74) is 2.18. The van der Waals surface area contributed by atoms with E-state index >= 15 is 0 Å². The molecule has 0 aliphatic rings. The highest BCUT2D eigenvalue weighted by atomic mass is 32.1. The predicted octanol–water partition coefficient (Wildman–Crippen LogP) is 5.10. The van der Waals surface area contributed by atoms with E-state index in [1.54, 1.807) is 17.6 Å². The van der Waals surface area contributed by atoms with Crippen molar-refractivity contribution in [3.05, 3.63) is 52.2 Å². The quantitative estimate of drug-likeness (QED) is 0.527.